The number of rotatable bonds is 5. The van der Waals surface area contributed by atoms with Crippen molar-refractivity contribution in [2.45, 2.75) is 17.9 Å². The zero-order valence-corrected chi connectivity index (χ0v) is 10.7. The first-order chi connectivity index (χ1) is 8.66. The maximum Gasteiger partial charge on any atom is 0.316 e. The number of benzene rings is 1. The Morgan fingerprint density at radius 2 is 2.17 bits per heavy atom. The molecule has 0 spiro atoms. The first kappa shape index (κ1) is 12.7. The van der Waals surface area contributed by atoms with Gasteiger partial charge in [-0.15, -0.1) is 11.8 Å². The highest BCUT2D eigenvalue weighted by molar-refractivity contribution is 7.99. The van der Waals surface area contributed by atoms with E-state index >= 15 is 0 Å². The van der Waals surface area contributed by atoms with Gasteiger partial charge in [0.15, 0.2) is 5.76 Å². The van der Waals surface area contributed by atoms with Crippen molar-refractivity contribution in [3.63, 3.8) is 0 Å². The first-order valence-corrected chi connectivity index (χ1v) is 6.56. The quantitative estimate of drug-likeness (QED) is 0.898. The third kappa shape index (κ3) is 3.13. The second kappa shape index (κ2) is 5.73. The summed E-state index contributed by atoms with van der Waals surface area (Å²) in [5, 5.41) is 8.31. The largest absolute Gasteiger partial charge is 0.480 e. The molecular formula is C13H13NO3S. The molecule has 1 heterocycles. The molecule has 0 amide bonds. The number of carbonyl (C=O) groups is 1. The van der Waals surface area contributed by atoms with Crippen molar-refractivity contribution in [1.29, 1.82) is 0 Å². The number of hydrogen-bond acceptors (Lipinski definition) is 4. The molecule has 1 N–H and O–H groups in total. The van der Waals surface area contributed by atoms with Gasteiger partial charge in [-0.05, 0) is 6.92 Å². The van der Waals surface area contributed by atoms with Crippen LogP contribution in [-0.4, -0.2) is 21.3 Å². The van der Waals surface area contributed by atoms with Gasteiger partial charge in [0.1, 0.15) is 0 Å². The Morgan fingerprint density at radius 1 is 1.44 bits per heavy atom. The molecule has 0 fully saturated rings. The molecular weight excluding hydrogens is 250 g/mol. The summed E-state index contributed by atoms with van der Waals surface area (Å²) in [4.78, 5) is 14.8. The fourth-order valence-electron chi connectivity index (χ4n) is 1.38. The topological polar surface area (TPSA) is 63.3 Å². The number of carboxylic acids is 1. The van der Waals surface area contributed by atoms with Crippen LogP contribution in [0.1, 0.15) is 12.8 Å². The summed E-state index contributed by atoms with van der Waals surface area (Å²) >= 11 is 1.29. The third-order valence-corrected chi connectivity index (χ3v) is 3.53. The molecule has 1 atom stereocenters. The number of oxazole rings is 1. The van der Waals surface area contributed by atoms with Gasteiger partial charge in [-0.2, -0.15) is 0 Å². The first-order valence-electron chi connectivity index (χ1n) is 5.51. The highest BCUT2D eigenvalue weighted by Gasteiger charge is 2.13. The van der Waals surface area contributed by atoms with Crippen LogP contribution in [0, 0.1) is 0 Å². The minimum atomic E-state index is -0.824. The lowest BCUT2D eigenvalue weighted by atomic mass is 10.2. The molecule has 2 rings (SSSR count). The molecule has 0 radical (unpaired) electrons. The molecule has 1 aromatic carbocycles. The van der Waals surface area contributed by atoms with Gasteiger partial charge in [0.25, 0.3) is 0 Å². The second-order valence-corrected chi connectivity index (χ2v) is 5.10. The molecule has 1 unspecified atom stereocenters. The Morgan fingerprint density at radius 3 is 2.83 bits per heavy atom. The van der Waals surface area contributed by atoms with Gasteiger partial charge >= 0.3 is 5.97 Å². The van der Waals surface area contributed by atoms with E-state index in [1.54, 1.807) is 13.1 Å². The summed E-state index contributed by atoms with van der Waals surface area (Å²) in [5.41, 5.74) is 0.965. The van der Waals surface area contributed by atoms with Crippen molar-refractivity contribution >= 4 is 17.7 Å². The highest BCUT2D eigenvalue weighted by atomic mass is 32.2. The normalized spacial score (nSPS) is 12.3. The van der Waals surface area contributed by atoms with Gasteiger partial charge in [0.2, 0.25) is 5.89 Å². The Kier molecular flexibility index (Phi) is 4.04. The van der Waals surface area contributed by atoms with Crippen LogP contribution in [0.4, 0.5) is 0 Å². The molecule has 0 saturated carbocycles. The zero-order chi connectivity index (χ0) is 13.0. The van der Waals surface area contributed by atoms with Crippen molar-refractivity contribution in [2.24, 2.45) is 0 Å². The second-order valence-electron chi connectivity index (χ2n) is 3.78. The van der Waals surface area contributed by atoms with E-state index in [9.17, 15) is 4.79 Å². The maximum absolute atomic E-state index is 10.7. The van der Waals surface area contributed by atoms with E-state index in [-0.39, 0.29) is 0 Å². The standard InChI is InChI=1S/C13H13NO3S/c1-9(13(15)16)18-8-12-14-7-11(17-12)10-5-3-2-4-6-10/h2-7,9H,8H2,1H3,(H,15,16). The highest BCUT2D eigenvalue weighted by Crippen LogP contribution is 2.23. The molecule has 0 aliphatic heterocycles. The van der Waals surface area contributed by atoms with E-state index in [1.807, 2.05) is 30.3 Å². The molecule has 0 aliphatic rings. The Labute approximate surface area is 109 Å². The lowest BCUT2D eigenvalue weighted by molar-refractivity contribution is -0.136. The molecule has 1 aromatic heterocycles. The van der Waals surface area contributed by atoms with Crippen molar-refractivity contribution < 1.29 is 14.3 Å². The van der Waals surface area contributed by atoms with E-state index in [4.69, 9.17) is 9.52 Å². The third-order valence-electron chi connectivity index (χ3n) is 2.42. The molecule has 0 aliphatic carbocycles. The van der Waals surface area contributed by atoms with Crippen molar-refractivity contribution in [2.75, 3.05) is 0 Å². The summed E-state index contributed by atoms with van der Waals surface area (Å²) in [6, 6.07) is 9.68. The van der Waals surface area contributed by atoms with Gasteiger partial charge in [0, 0.05) is 5.56 Å². The van der Waals surface area contributed by atoms with Crippen LogP contribution >= 0.6 is 11.8 Å². The van der Waals surface area contributed by atoms with E-state index in [0.717, 1.165) is 5.56 Å². The van der Waals surface area contributed by atoms with Gasteiger partial charge in [-0.3, -0.25) is 4.79 Å². The van der Waals surface area contributed by atoms with Gasteiger partial charge < -0.3 is 9.52 Å². The van der Waals surface area contributed by atoms with Crippen molar-refractivity contribution in [3.05, 3.63) is 42.4 Å². The van der Waals surface area contributed by atoms with Crippen molar-refractivity contribution in [3.8, 4) is 11.3 Å². The van der Waals surface area contributed by atoms with E-state index in [2.05, 4.69) is 4.98 Å². The maximum atomic E-state index is 10.7. The van der Waals surface area contributed by atoms with Crippen molar-refractivity contribution in [1.82, 2.24) is 4.98 Å². The average molecular weight is 263 g/mol. The molecule has 0 saturated heterocycles. The van der Waals surface area contributed by atoms with E-state index in [0.29, 0.717) is 17.4 Å². The number of aromatic nitrogens is 1. The van der Waals surface area contributed by atoms with E-state index < -0.39 is 11.2 Å². The summed E-state index contributed by atoms with van der Waals surface area (Å²) in [7, 11) is 0. The summed E-state index contributed by atoms with van der Waals surface area (Å²) in [6.45, 7) is 1.65. The SMILES string of the molecule is CC(SCc1ncc(-c2ccccc2)o1)C(=O)O. The molecule has 18 heavy (non-hydrogen) atoms. The summed E-state index contributed by atoms with van der Waals surface area (Å²) < 4.78 is 5.57. The predicted molar refractivity (Wildman–Crippen MR) is 70.3 cm³/mol. The van der Waals surface area contributed by atoms with Crippen LogP contribution in [0.25, 0.3) is 11.3 Å². The van der Waals surface area contributed by atoms with Crippen LogP contribution in [-0.2, 0) is 10.5 Å². The molecule has 0 bridgehead atoms. The Bertz CT molecular complexity index is 524. The molecule has 5 heteroatoms. The predicted octanol–water partition coefficient (Wildman–Crippen LogP) is 3.05. The Hall–Kier alpha value is -1.75. The van der Waals surface area contributed by atoms with Crippen LogP contribution in [0.3, 0.4) is 0 Å². The van der Waals surface area contributed by atoms with Crippen LogP contribution < -0.4 is 0 Å². The smallest absolute Gasteiger partial charge is 0.316 e. The van der Waals surface area contributed by atoms with Gasteiger partial charge in [-0.25, -0.2) is 4.98 Å². The lowest BCUT2D eigenvalue weighted by Crippen LogP contribution is -2.11. The minimum absolute atomic E-state index is 0.459. The fraction of sp³-hybridized carbons (Fsp3) is 0.231. The zero-order valence-electron chi connectivity index (χ0n) is 9.87. The molecule has 2 aromatic rings. The summed E-state index contributed by atoms with van der Waals surface area (Å²) in [5.74, 6) is 0.885. The lowest BCUT2D eigenvalue weighted by Gasteiger charge is -2.02. The summed E-state index contributed by atoms with van der Waals surface area (Å²) in [6.07, 6.45) is 1.66. The van der Waals surface area contributed by atoms with Crippen LogP contribution in [0.5, 0.6) is 0 Å². The Balaban J connectivity index is 2.01. The molecule has 4 nitrogen and oxygen atoms in total. The van der Waals surface area contributed by atoms with Gasteiger partial charge in [-0.1, -0.05) is 30.3 Å². The number of thioether (sulfide) groups is 1. The number of aliphatic carboxylic acids is 1. The fourth-order valence-corrected chi connectivity index (χ4v) is 2.05. The monoisotopic (exact) mass is 263 g/mol. The number of hydrogen-bond donors (Lipinski definition) is 1. The van der Waals surface area contributed by atoms with Crippen LogP contribution in [0.15, 0.2) is 40.9 Å². The van der Waals surface area contributed by atoms with E-state index in [1.165, 1.54) is 11.8 Å². The number of carboxylic acid groups (broad SMARTS) is 1. The average Bonchev–Trinajstić information content (AvgIpc) is 2.85. The number of nitrogens with zero attached hydrogens (tertiary/aromatic N) is 1. The van der Waals surface area contributed by atoms with Gasteiger partial charge in [0.05, 0.1) is 17.2 Å². The molecule has 94 valence electrons. The van der Waals surface area contributed by atoms with Crippen LogP contribution in [0.2, 0.25) is 0 Å². The minimum Gasteiger partial charge on any atom is -0.480 e.